The number of carbonyl (C=O) groups excluding carboxylic acids is 1. The summed E-state index contributed by atoms with van der Waals surface area (Å²) in [7, 11) is 0. The Kier molecular flexibility index (Phi) is 5.12. The Morgan fingerprint density at radius 1 is 1.04 bits per heavy atom. The third-order valence-electron chi connectivity index (χ3n) is 6.62. The number of likely N-dealkylation sites (tertiary alicyclic amines) is 1. The van der Waals surface area contributed by atoms with Crippen molar-refractivity contribution in [1.29, 1.82) is 0 Å². The summed E-state index contributed by atoms with van der Waals surface area (Å²) < 4.78 is 13.2. The van der Waals surface area contributed by atoms with Crippen LogP contribution in [0.3, 0.4) is 0 Å². The normalized spacial score (nSPS) is 24.3. The van der Waals surface area contributed by atoms with E-state index in [1.54, 1.807) is 12.1 Å². The Bertz CT molecular complexity index is 655. The van der Waals surface area contributed by atoms with Crippen LogP contribution in [0.1, 0.15) is 50.5 Å². The zero-order valence-corrected chi connectivity index (χ0v) is 15.5. The van der Waals surface area contributed by atoms with Gasteiger partial charge in [0.25, 0.3) is 0 Å². The van der Waals surface area contributed by atoms with Crippen molar-refractivity contribution in [3.05, 3.63) is 47.8 Å². The van der Waals surface area contributed by atoms with E-state index in [0.29, 0.717) is 13.1 Å². The van der Waals surface area contributed by atoms with Crippen LogP contribution in [-0.4, -0.2) is 41.4 Å². The van der Waals surface area contributed by atoms with Crippen LogP contribution in [0.25, 0.3) is 0 Å². The number of piperidine rings is 1. The smallest absolute Gasteiger partial charge is 0.229 e. The molecule has 4 rings (SSSR count). The van der Waals surface area contributed by atoms with Crippen molar-refractivity contribution in [2.45, 2.75) is 57.5 Å². The van der Waals surface area contributed by atoms with Crippen molar-refractivity contribution >= 4 is 5.91 Å². The van der Waals surface area contributed by atoms with E-state index in [9.17, 15) is 9.18 Å². The fourth-order valence-electron chi connectivity index (χ4n) is 4.97. The molecule has 1 spiro atoms. The molecule has 1 amide bonds. The number of allylic oxidation sites excluding steroid dienone is 1. The van der Waals surface area contributed by atoms with Crippen LogP contribution in [0, 0.1) is 11.2 Å². The molecule has 3 nitrogen and oxygen atoms in total. The fourth-order valence-corrected chi connectivity index (χ4v) is 4.97. The molecular weight excluding hydrogens is 327 g/mol. The van der Waals surface area contributed by atoms with E-state index in [1.165, 1.54) is 37.8 Å². The Balaban J connectivity index is 1.45. The van der Waals surface area contributed by atoms with Crippen molar-refractivity contribution < 1.29 is 9.18 Å². The number of nitrogens with zero attached hydrogens (tertiary/aromatic N) is 2. The zero-order valence-electron chi connectivity index (χ0n) is 15.5. The lowest BCUT2D eigenvalue weighted by Gasteiger charge is -2.43. The second-order valence-electron chi connectivity index (χ2n) is 8.24. The van der Waals surface area contributed by atoms with E-state index in [0.717, 1.165) is 44.0 Å². The van der Waals surface area contributed by atoms with Crippen LogP contribution in [0.2, 0.25) is 0 Å². The van der Waals surface area contributed by atoms with Crippen LogP contribution in [0.5, 0.6) is 0 Å². The minimum Gasteiger partial charge on any atom is -0.334 e. The van der Waals surface area contributed by atoms with E-state index in [1.807, 2.05) is 4.90 Å². The maximum absolute atomic E-state index is 13.4. The number of rotatable bonds is 3. The average Bonchev–Trinajstić information content (AvgIpc) is 3.16. The van der Waals surface area contributed by atoms with Gasteiger partial charge in [-0.3, -0.25) is 4.79 Å². The summed E-state index contributed by atoms with van der Waals surface area (Å²) in [5.74, 6) is 0.0597. The highest BCUT2D eigenvalue weighted by Gasteiger charge is 2.44. The molecule has 0 N–H and O–H groups in total. The largest absolute Gasteiger partial charge is 0.334 e. The lowest BCUT2D eigenvalue weighted by molar-refractivity contribution is -0.145. The second kappa shape index (κ2) is 7.51. The number of carbonyl (C=O) groups is 1. The molecule has 1 aromatic rings. The number of hydrogen-bond donors (Lipinski definition) is 0. The molecule has 1 aliphatic carbocycles. The highest BCUT2D eigenvalue weighted by Crippen LogP contribution is 2.40. The van der Waals surface area contributed by atoms with Crippen molar-refractivity contribution in [3.63, 3.8) is 0 Å². The van der Waals surface area contributed by atoms with E-state index < -0.39 is 0 Å². The van der Waals surface area contributed by atoms with Crippen molar-refractivity contribution in [2.75, 3.05) is 19.6 Å². The van der Waals surface area contributed by atoms with Gasteiger partial charge >= 0.3 is 0 Å². The molecule has 0 radical (unpaired) electrons. The first-order valence-corrected chi connectivity index (χ1v) is 10.1. The first kappa shape index (κ1) is 17.7. The SMILES string of the molecule is O=C1N(Cc2ccc(F)cc2)CC=CCC12CCN(C1CCCC1)CC2. The van der Waals surface area contributed by atoms with E-state index in [-0.39, 0.29) is 17.1 Å². The predicted molar refractivity (Wildman–Crippen MR) is 101 cm³/mol. The van der Waals surface area contributed by atoms with Gasteiger partial charge in [-0.2, -0.15) is 0 Å². The summed E-state index contributed by atoms with van der Waals surface area (Å²) >= 11 is 0. The molecule has 1 saturated carbocycles. The van der Waals surface area contributed by atoms with Crippen LogP contribution >= 0.6 is 0 Å². The highest BCUT2D eigenvalue weighted by molar-refractivity contribution is 5.83. The van der Waals surface area contributed by atoms with Gasteiger partial charge in [0.1, 0.15) is 5.82 Å². The summed E-state index contributed by atoms with van der Waals surface area (Å²) in [5.41, 5.74) is 0.760. The van der Waals surface area contributed by atoms with Gasteiger partial charge in [-0.15, -0.1) is 0 Å². The van der Waals surface area contributed by atoms with Gasteiger partial charge in [0, 0.05) is 19.1 Å². The highest BCUT2D eigenvalue weighted by atomic mass is 19.1. The minimum absolute atomic E-state index is 0.230. The van der Waals surface area contributed by atoms with Crippen LogP contribution in [0.4, 0.5) is 4.39 Å². The van der Waals surface area contributed by atoms with Crippen molar-refractivity contribution in [3.8, 4) is 0 Å². The van der Waals surface area contributed by atoms with Gasteiger partial charge in [0.15, 0.2) is 0 Å². The van der Waals surface area contributed by atoms with E-state index in [2.05, 4.69) is 17.1 Å². The molecule has 0 aromatic heterocycles. The molecule has 2 heterocycles. The number of halogens is 1. The quantitative estimate of drug-likeness (QED) is 0.760. The van der Waals surface area contributed by atoms with Crippen molar-refractivity contribution in [2.24, 2.45) is 5.41 Å². The van der Waals surface area contributed by atoms with Gasteiger partial charge in [0.05, 0.1) is 5.41 Å². The average molecular weight is 356 g/mol. The molecule has 26 heavy (non-hydrogen) atoms. The summed E-state index contributed by atoms with van der Waals surface area (Å²) in [5, 5.41) is 0. The first-order chi connectivity index (χ1) is 12.7. The fraction of sp³-hybridized carbons (Fsp3) is 0.591. The molecule has 0 atom stereocenters. The first-order valence-electron chi connectivity index (χ1n) is 10.1. The molecule has 1 aromatic carbocycles. The Labute approximate surface area is 155 Å². The molecular formula is C22H29FN2O. The zero-order chi connectivity index (χ0) is 18.0. The monoisotopic (exact) mass is 356 g/mol. The van der Waals surface area contributed by atoms with Crippen LogP contribution < -0.4 is 0 Å². The summed E-state index contributed by atoms with van der Waals surface area (Å²) in [6, 6.07) is 7.27. The summed E-state index contributed by atoms with van der Waals surface area (Å²) in [6.45, 7) is 3.32. The molecule has 0 unspecified atom stereocenters. The maximum atomic E-state index is 13.4. The molecule has 1 saturated heterocycles. The third kappa shape index (κ3) is 3.57. The Morgan fingerprint density at radius 2 is 1.73 bits per heavy atom. The molecule has 3 aliphatic rings. The summed E-state index contributed by atoms with van der Waals surface area (Å²) in [6.07, 6.45) is 12.5. The van der Waals surface area contributed by atoms with Gasteiger partial charge in [0.2, 0.25) is 5.91 Å². The Morgan fingerprint density at radius 3 is 2.42 bits per heavy atom. The molecule has 2 fully saturated rings. The number of benzene rings is 1. The van der Waals surface area contributed by atoms with Crippen molar-refractivity contribution in [1.82, 2.24) is 9.80 Å². The maximum Gasteiger partial charge on any atom is 0.229 e. The summed E-state index contributed by atoms with van der Waals surface area (Å²) in [4.78, 5) is 18.0. The number of hydrogen-bond acceptors (Lipinski definition) is 2. The lowest BCUT2D eigenvalue weighted by Crippen LogP contribution is -2.51. The van der Waals surface area contributed by atoms with Gasteiger partial charge in [-0.25, -0.2) is 4.39 Å². The molecule has 140 valence electrons. The van der Waals surface area contributed by atoms with Crippen LogP contribution in [0.15, 0.2) is 36.4 Å². The van der Waals surface area contributed by atoms with Gasteiger partial charge in [-0.1, -0.05) is 37.1 Å². The Hall–Kier alpha value is -1.68. The molecule has 0 bridgehead atoms. The van der Waals surface area contributed by atoms with Gasteiger partial charge in [-0.05, 0) is 62.9 Å². The lowest BCUT2D eigenvalue weighted by atomic mass is 9.74. The predicted octanol–water partition coefficient (Wildman–Crippen LogP) is 4.14. The van der Waals surface area contributed by atoms with E-state index in [4.69, 9.17) is 0 Å². The van der Waals surface area contributed by atoms with E-state index >= 15 is 0 Å². The number of amides is 1. The van der Waals surface area contributed by atoms with Crippen LogP contribution in [-0.2, 0) is 11.3 Å². The molecule has 4 heteroatoms. The second-order valence-corrected chi connectivity index (χ2v) is 8.24. The molecule has 2 aliphatic heterocycles. The standard InChI is InChI=1S/C22H29FN2O/c23-19-9-7-18(8-10-19)17-25-14-4-3-11-22(21(25)26)12-15-24(16-13-22)20-5-1-2-6-20/h3-4,7-10,20H,1-2,5-6,11-17H2. The third-order valence-corrected chi connectivity index (χ3v) is 6.62. The minimum atomic E-state index is -0.234. The topological polar surface area (TPSA) is 23.6 Å². The van der Waals surface area contributed by atoms with Gasteiger partial charge < -0.3 is 9.80 Å².